The highest BCUT2D eigenvalue weighted by Crippen LogP contribution is 2.40. The van der Waals surface area contributed by atoms with Gasteiger partial charge in [0.05, 0.1) is 18.6 Å². The van der Waals surface area contributed by atoms with Crippen LogP contribution in [0.3, 0.4) is 0 Å². The van der Waals surface area contributed by atoms with Gasteiger partial charge in [0.25, 0.3) is 5.89 Å². The van der Waals surface area contributed by atoms with Gasteiger partial charge in [-0.05, 0) is 38.3 Å². The van der Waals surface area contributed by atoms with Crippen molar-refractivity contribution in [1.82, 2.24) is 15.0 Å². The van der Waals surface area contributed by atoms with Gasteiger partial charge in [0, 0.05) is 18.7 Å². The van der Waals surface area contributed by atoms with Crippen LogP contribution in [0.5, 0.6) is 0 Å². The lowest BCUT2D eigenvalue weighted by molar-refractivity contribution is -0.0190. The van der Waals surface area contributed by atoms with E-state index in [0.29, 0.717) is 17.6 Å². The maximum atomic E-state index is 6.15. The second kappa shape index (κ2) is 5.27. The van der Waals surface area contributed by atoms with E-state index in [1.807, 2.05) is 19.3 Å². The molecule has 2 saturated heterocycles. The molecule has 4 rings (SSSR count). The molecule has 6 nitrogen and oxygen atoms in total. The molecule has 0 saturated carbocycles. The van der Waals surface area contributed by atoms with E-state index in [9.17, 15) is 0 Å². The Morgan fingerprint density at radius 3 is 3.14 bits per heavy atom. The first-order chi connectivity index (χ1) is 10.3. The standard InChI is InChI=1S/C15H19N3O3/c1-10-16-15(21-17-10)13-6-12-2-4-18(8-14(12)20-13)7-11-3-5-19-9-11/h3,5,9,12-14H,2,4,6-8H2,1H3/t12-,13+,14+/m1/s1. The quantitative estimate of drug-likeness (QED) is 0.864. The van der Waals surface area contributed by atoms with Crippen molar-refractivity contribution in [2.75, 3.05) is 13.1 Å². The lowest BCUT2D eigenvalue weighted by Gasteiger charge is -2.33. The highest BCUT2D eigenvalue weighted by atomic mass is 16.5. The third-order valence-corrected chi connectivity index (χ3v) is 4.44. The number of piperidine rings is 1. The van der Waals surface area contributed by atoms with Crippen molar-refractivity contribution >= 4 is 0 Å². The van der Waals surface area contributed by atoms with Gasteiger partial charge < -0.3 is 13.7 Å². The van der Waals surface area contributed by atoms with Crippen LogP contribution in [0.2, 0.25) is 0 Å². The molecule has 0 N–H and O–H groups in total. The third-order valence-electron chi connectivity index (χ3n) is 4.44. The van der Waals surface area contributed by atoms with Gasteiger partial charge >= 0.3 is 0 Å². The van der Waals surface area contributed by atoms with Gasteiger partial charge in [-0.1, -0.05) is 5.16 Å². The topological polar surface area (TPSA) is 64.5 Å². The SMILES string of the molecule is Cc1noc([C@@H]2C[C@H]3CCN(Cc4ccoc4)C[C@@H]3O2)n1. The van der Waals surface area contributed by atoms with Crippen LogP contribution in [0.4, 0.5) is 0 Å². The summed E-state index contributed by atoms with van der Waals surface area (Å²) in [6, 6.07) is 2.02. The maximum absolute atomic E-state index is 6.15. The smallest absolute Gasteiger partial charge is 0.255 e. The second-order valence-electron chi connectivity index (χ2n) is 5.99. The lowest BCUT2D eigenvalue weighted by Crippen LogP contribution is -2.41. The van der Waals surface area contributed by atoms with E-state index in [1.54, 1.807) is 6.26 Å². The van der Waals surface area contributed by atoms with E-state index in [1.165, 1.54) is 5.56 Å². The highest BCUT2D eigenvalue weighted by Gasteiger charge is 2.41. The Balaban J connectivity index is 1.40. The van der Waals surface area contributed by atoms with Gasteiger partial charge in [-0.2, -0.15) is 4.98 Å². The van der Waals surface area contributed by atoms with Crippen LogP contribution in [0, 0.1) is 12.8 Å². The normalized spacial score (nSPS) is 29.7. The third kappa shape index (κ3) is 2.61. The minimum absolute atomic E-state index is 0.0323. The minimum atomic E-state index is -0.0323. The average Bonchev–Trinajstić information content (AvgIpc) is 3.18. The molecular formula is C15H19N3O3. The van der Waals surface area contributed by atoms with Crippen LogP contribution in [0.15, 0.2) is 27.5 Å². The van der Waals surface area contributed by atoms with Crippen LogP contribution >= 0.6 is 0 Å². The van der Waals surface area contributed by atoms with Gasteiger partial charge in [-0.15, -0.1) is 0 Å². The number of aryl methyl sites for hydroxylation is 1. The molecule has 4 heterocycles. The van der Waals surface area contributed by atoms with E-state index in [0.717, 1.165) is 32.5 Å². The summed E-state index contributed by atoms with van der Waals surface area (Å²) in [5, 5.41) is 3.86. The van der Waals surface area contributed by atoms with Gasteiger partial charge in [0.15, 0.2) is 5.82 Å². The molecule has 0 aliphatic carbocycles. The average molecular weight is 289 g/mol. The van der Waals surface area contributed by atoms with Crippen molar-refractivity contribution in [3.05, 3.63) is 35.9 Å². The summed E-state index contributed by atoms with van der Waals surface area (Å²) in [4.78, 5) is 6.73. The molecular weight excluding hydrogens is 270 g/mol. The Hall–Kier alpha value is -1.66. The van der Waals surface area contributed by atoms with Crippen molar-refractivity contribution in [3.8, 4) is 0 Å². The number of nitrogens with zero attached hydrogens (tertiary/aromatic N) is 3. The van der Waals surface area contributed by atoms with Crippen molar-refractivity contribution in [2.45, 2.75) is 38.5 Å². The summed E-state index contributed by atoms with van der Waals surface area (Å²) >= 11 is 0. The number of likely N-dealkylation sites (tertiary alicyclic amines) is 1. The fourth-order valence-electron chi connectivity index (χ4n) is 3.38. The molecule has 2 aromatic heterocycles. The van der Waals surface area contributed by atoms with Crippen LogP contribution in [-0.2, 0) is 11.3 Å². The fraction of sp³-hybridized carbons (Fsp3) is 0.600. The van der Waals surface area contributed by atoms with Crippen LogP contribution in [0.1, 0.15) is 36.2 Å². The summed E-state index contributed by atoms with van der Waals surface area (Å²) in [5.41, 5.74) is 1.22. The first kappa shape index (κ1) is 13.0. The molecule has 0 spiro atoms. The number of ether oxygens (including phenoxy) is 1. The molecule has 0 bridgehead atoms. The van der Waals surface area contributed by atoms with Gasteiger partial charge in [0.2, 0.25) is 0 Å². The summed E-state index contributed by atoms with van der Waals surface area (Å²) in [7, 11) is 0. The Bertz CT molecular complexity index is 595. The summed E-state index contributed by atoms with van der Waals surface area (Å²) in [5.74, 6) is 1.90. The molecule has 2 aromatic rings. The van der Waals surface area contributed by atoms with E-state index in [-0.39, 0.29) is 12.2 Å². The highest BCUT2D eigenvalue weighted by molar-refractivity contribution is 5.06. The predicted molar refractivity (Wildman–Crippen MR) is 73.4 cm³/mol. The van der Waals surface area contributed by atoms with E-state index in [4.69, 9.17) is 13.7 Å². The molecule has 2 aliphatic heterocycles. The van der Waals surface area contributed by atoms with Gasteiger partial charge in [0.1, 0.15) is 6.10 Å². The molecule has 0 amide bonds. The van der Waals surface area contributed by atoms with Crippen molar-refractivity contribution in [2.24, 2.45) is 5.92 Å². The zero-order chi connectivity index (χ0) is 14.2. The molecule has 21 heavy (non-hydrogen) atoms. The number of hydrogen-bond acceptors (Lipinski definition) is 6. The van der Waals surface area contributed by atoms with Gasteiger partial charge in [-0.25, -0.2) is 0 Å². The molecule has 0 unspecified atom stereocenters. The zero-order valence-corrected chi connectivity index (χ0v) is 12.1. The monoisotopic (exact) mass is 289 g/mol. The van der Waals surface area contributed by atoms with Gasteiger partial charge in [-0.3, -0.25) is 4.90 Å². The number of hydrogen-bond donors (Lipinski definition) is 0. The first-order valence-electron chi connectivity index (χ1n) is 7.47. The first-order valence-corrected chi connectivity index (χ1v) is 7.47. The Labute approximate surface area is 123 Å². The number of rotatable bonds is 3. The molecule has 0 radical (unpaired) electrons. The number of aromatic nitrogens is 2. The molecule has 3 atom stereocenters. The fourth-order valence-corrected chi connectivity index (χ4v) is 3.38. The Kier molecular flexibility index (Phi) is 3.27. The van der Waals surface area contributed by atoms with Crippen LogP contribution < -0.4 is 0 Å². The van der Waals surface area contributed by atoms with Crippen LogP contribution in [-0.4, -0.2) is 34.2 Å². The second-order valence-corrected chi connectivity index (χ2v) is 5.99. The largest absolute Gasteiger partial charge is 0.472 e. The molecule has 0 aromatic carbocycles. The van der Waals surface area contributed by atoms with E-state index in [2.05, 4.69) is 15.0 Å². The zero-order valence-electron chi connectivity index (χ0n) is 12.1. The van der Waals surface area contributed by atoms with Crippen molar-refractivity contribution < 1.29 is 13.7 Å². The molecule has 112 valence electrons. The molecule has 2 aliphatic rings. The molecule has 6 heteroatoms. The predicted octanol–water partition coefficient (Wildman–Crippen LogP) is 2.32. The minimum Gasteiger partial charge on any atom is -0.472 e. The summed E-state index contributed by atoms with van der Waals surface area (Å²) in [6.07, 6.45) is 5.92. The number of fused-ring (bicyclic) bond motifs is 1. The van der Waals surface area contributed by atoms with E-state index < -0.39 is 0 Å². The maximum Gasteiger partial charge on any atom is 0.255 e. The number of furan rings is 1. The Morgan fingerprint density at radius 2 is 2.38 bits per heavy atom. The van der Waals surface area contributed by atoms with Crippen molar-refractivity contribution in [3.63, 3.8) is 0 Å². The van der Waals surface area contributed by atoms with E-state index >= 15 is 0 Å². The summed E-state index contributed by atoms with van der Waals surface area (Å²) < 4.78 is 16.5. The van der Waals surface area contributed by atoms with Crippen molar-refractivity contribution in [1.29, 1.82) is 0 Å². The van der Waals surface area contributed by atoms with Crippen LogP contribution in [0.25, 0.3) is 0 Å². The summed E-state index contributed by atoms with van der Waals surface area (Å²) in [6.45, 7) is 4.82. The lowest BCUT2D eigenvalue weighted by atomic mass is 9.91. The molecule has 2 fully saturated rings. The Morgan fingerprint density at radius 1 is 1.43 bits per heavy atom.